The number of amides is 1. The van der Waals surface area contributed by atoms with Gasteiger partial charge in [-0.05, 0) is 13.8 Å². The van der Waals surface area contributed by atoms with Gasteiger partial charge in [0.2, 0.25) is 0 Å². The Kier molecular flexibility index (Phi) is 6.27. The molecule has 0 aromatic carbocycles. The highest BCUT2D eigenvalue weighted by Gasteiger charge is 2.22. The summed E-state index contributed by atoms with van der Waals surface area (Å²) in [6, 6.07) is 0. The predicted octanol–water partition coefficient (Wildman–Crippen LogP) is 1.08. The number of hydrogen-bond donors (Lipinski definition) is 1. The molecule has 0 aliphatic rings. The largest absolute Gasteiger partial charge is 0.446 e. The Labute approximate surface area is 105 Å². The Morgan fingerprint density at radius 3 is 2.31 bits per heavy atom. The average molecular weight is 317 g/mol. The molecule has 1 N–H and O–H groups in total. The zero-order valence-corrected chi connectivity index (χ0v) is 12.1. The lowest BCUT2D eigenvalue weighted by Crippen LogP contribution is -2.43. The number of alkyl halides is 1. The molecule has 16 heavy (non-hydrogen) atoms. The third-order valence-electron chi connectivity index (χ3n) is 1.47. The first kappa shape index (κ1) is 15.7. The summed E-state index contributed by atoms with van der Waals surface area (Å²) in [6.45, 7) is 5.33. The summed E-state index contributed by atoms with van der Waals surface area (Å²) in [7, 11) is -2.44. The number of hydrogen-bond acceptors (Lipinski definition) is 4. The van der Waals surface area contributed by atoms with Crippen molar-refractivity contribution in [3.8, 4) is 0 Å². The van der Waals surface area contributed by atoms with Crippen molar-refractivity contribution >= 4 is 32.2 Å². The molecule has 0 fully saturated rings. The minimum absolute atomic E-state index is 0.00445. The Bertz CT molecular complexity index is 329. The topological polar surface area (TPSA) is 75.7 Å². The first-order chi connectivity index (χ1) is 7.15. The summed E-state index contributed by atoms with van der Waals surface area (Å²) in [5.74, 6) is 0. The van der Waals surface area contributed by atoms with Gasteiger partial charge in [-0.3, -0.25) is 0 Å². The fourth-order valence-corrected chi connectivity index (χ4v) is 2.33. The van der Waals surface area contributed by atoms with Gasteiger partial charge < -0.3 is 4.74 Å². The Hall–Kier alpha value is -0.340. The molecule has 0 rings (SSSR count). The molecule has 0 aromatic rings. The van der Waals surface area contributed by atoms with Gasteiger partial charge >= 0.3 is 16.3 Å². The number of rotatable bonds is 5. The maximum atomic E-state index is 11.6. The van der Waals surface area contributed by atoms with Crippen LogP contribution < -0.4 is 4.72 Å². The van der Waals surface area contributed by atoms with Gasteiger partial charge in [-0.1, -0.05) is 22.9 Å². The highest BCUT2D eigenvalue weighted by molar-refractivity contribution is 9.09. The molecule has 0 saturated heterocycles. The standard InChI is InChI=1S/C8H17BrN2O4S/c1-6(2)15-8(12)10-16(13,14)11(4)5-7(3)9/h6-7H,5H2,1-4H3,(H,10,12). The molecule has 0 aromatic heterocycles. The van der Waals surface area contributed by atoms with Crippen LogP contribution in [0.2, 0.25) is 0 Å². The number of carbonyl (C=O) groups is 1. The summed E-state index contributed by atoms with van der Waals surface area (Å²) in [6.07, 6.45) is -1.33. The van der Waals surface area contributed by atoms with Gasteiger partial charge in [0.15, 0.2) is 0 Å². The molecule has 96 valence electrons. The number of ether oxygens (including phenoxy) is 1. The van der Waals surface area contributed by atoms with Crippen molar-refractivity contribution in [2.24, 2.45) is 0 Å². The van der Waals surface area contributed by atoms with E-state index in [9.17, 15) is 13.2 Å². The monoisotopic (exact) mass is 316 g/mol. The second-order valence-electron chi connectivity index (χ2n) is 3.62. The first-order valence-corrected chi connectivity index (χ1v) is 7.09. The molecule has 1 amide bonds. The number of nitrogens with zero attached hydrogens (tertiary/aromatic N) is 1. The van der Waals surface area contributed by atoms with E-state index in [1.807, 2.05) is 4.72 Å². The minimum atomic E-state index is -3.82. The van der Waals surface area contributed by atoms with Crippen LogP contribution in [0.3, 0.4) is 0 Å². The molecule has 1 unspecified atom stereocenters. The lowest BCUT2D eigenvalue weighted by molar-refractivity contribution is 0.121. The number of halogens is 1. The van der Waals surface area contributed by atoms with Gasteiger partial charge in [0.1, 0.15) is 0 Å². The van der Waals surface area contributed by atoms with Crippen LogP contribution in [-0.2, 0) is 14.9 Å². The van der Waals surface area contributed by atoms with Gasteiger partial charge in [0, 0.05) is 18.4 Å². The van der Waals surface area contributed by atoms with Crippen LogP contribution in [0.4, 0.5) is 4.79 Å². The Morgan fingerprint density at radius 2 is 1.94 bits per heavy atom. The molecule has 0 saturated carbocycles. The first-order valence-electron chi connectivity index (χ1n) is 4.74. The van der Waals surface area contributed by atoms with Crippen LogP contribution >= 0.6 is 15.9 Å². The van der Waals surface area contributed by atoms with Gasteiger partial charge in [0.05, 0.1) is 6.10 Å². The predicted molar refractivity (Wildman–Crippen MR) is 64.7 cm³/mol. The molecule has 6 nitrogen and oxygen atoms in total. The highest BCUT2D eigenvalue weighted by Crippen LogP contribution is 2.03. The summed E-state index contributed by atoms with van der Waals surface area (Å²) in [5, 5.41) is 0. The molecule has 0 aliphatic heterocycles. The third-order valence-corrected chi connectivity index (χ3v) is 3.16. The fourth-order valence-electron chi connectivity index (χ4n) is 0.874. The Balaban J connectivity index is 4.40. The van der Waals surface area contributed by atoms with Crippen LogP contribution in [0.25, 0.3) is 0 Å². The average Bonchev–Trinajstić information content (AvgIpc) is 1.98. The maximum absolute atomic E-state index is 11.6. The van der Waals surface area contributed by atoms with Crippen molar-refractivity contribution in [1.82, 2.24) is 9.03 Å². The van der Waals surface area contributed by atoms with Crippen LogP contribution in [0.15, 0.2) is 0 Å². The maximum Gasteiger partial charge on any atom is 0.422 e. The number of nitrogens with one attached hydrogen (secondary N) is 1. The molecular weight excluding hydrogens is 300 g/mol. The van der Waals surface area contributed by atoms with Crippen molar-refractivity contribution in [2.75, 3.05) is 13.6 Å². The molecule has 0 bridgehead atoms. The van der Waals surface area contributed by atoms with E-state index in [1.54, 1.807) is 20.8 Å². The van der Waals surface area contributed by atoms with Gasteiger partial charge in [0.25, 0.3) is 0 Å². The van der Waals surface area contributed by atoms with Crippen molar-refractivity contribution in [3.63, 3.8) is 0 Å². The zero-order chi connectivity index (χ0) is 12.9. The summed E-state index contributed by atoms with van der Waals surface area (Å²) >= 11 is 3.22. The fraction of sp³-hybridized carbons (Fsp3) is 0.875. The summed E-state index contributed by atoms with van der Waals surface area (Å²) in [4.78, 5) is 11.1. The second kappa shape index (κ2) is 6.41. The van der Waals surface area contributed by atoms with E-state index < -0.39 is 16.3 Å². The van der Waals surface area contributed by atoms with Gasteiger partial charge in [-0.15, -0.1) is 0 Å². The molecule has 8 heteroatoms. The van der Waals surface area contributed by atoms with Crippen molar-refractivity contribution in [2.45, 2.75) is 31.7 Å². The molecular formula is C8H17BrN2O4S. The molecule has 0 heterocycles. The molecule has 0 aliphatic carbocycles. The lowest BCUT2D eigenvalue weighted by Gasteiger charge is -2.19. The molecule has 0 spiro atoms. The van der Waals surface area contributed by atoms with Gasteiger partial charge in [-0.25, -0.2) is 9.52 Å². The van der Waals surface area contributed by atoms with E-state index in [2.05, 4.69) is 20.7 Å². The van der Waals surface area contributed by atoms with Crippen LogP contribution in [-0.4, -0.2) is 43.3 Å². The zero-order valence-electron chi connectivity index (χ0n) is 9.73. The quantitative estimate of drug-likeness (QED) is 0.770. The van der Waals surface area contributed by atoms with Crippen LogP contribution in [0.5, 0.6) is 0 Å². The summed E-state index contributed by atoms with van der Waals surface area (Å²) in [5.41, 5.74) is 0. The van der Waals surface area contributed by atoms with E-state index in [0.29, 0.717) is 0 Å². The molecule has 1 atom stereocenters. The minimum Gasteiger partial charge on any atom is -0.446 e. The van der Waals surface area contributed by atoms with Crippen molar-refractivity contribution in [1.29, 1.82) is 0 Å². The van der Waals surface area contributed by atoms with Crippen molar-refractivity contribution in [3.05, 3.63) is 0 Å². The van der Waals surface area contributed by atoms with E-state index >= 15 is 0 Å². The van der Waals surface area contributed by atoms with E-state index in [-0.39, 0.29) is 17.5 Å². The second-order valence-corrected chi connectivity index (χ2v) is 6.96. The van der Waals surface area contributed by atoms with Crippen LogP contribution in [0.1, 0.15) is 20.8 Å². The lowest BCUT2D eigenvalue weighted by atomic mass is 10.5. The van der Waals surface area contributed by atoms with Gasteiger partial charge in [-0.2, -0.15) is 12.7 Å². The van der Waals surface area contributed by atoms with E-state index in [0.717, 1.165) is 4.31 Å². The van der Waals surface area contributed by atoms with Crippen LogP contribution in [0, 0.1) is 0 Å². The summed E-state index contributed by atoms with van der Waals surface area (Å²) < 4.78 is 30.6. The Morgan fingerprint density at radius 1 is 1.44 bits per heavy atom. The normalized spacial score (nSPS) is 13.9. The molecule has 0 radical (unpaired) electrons. The van der Waals surface area contributed by atoms with Crippen molar-refractivity contribution < 1.29 is 17.9 Å². The number of carbonyl (C=O) groups excluding carboxylic acids is 1. The highest BCUT2D eigenvalue weighted by atomic mass is 79.9. The van der Waals surface area contributed by atoms with E-state index in [4.69, 9.17) is 0 Å². The van der Waals surface area contributed by atoms with E-state index in [1.165, 1.54) is 7.05 Å². The third kappa shape index (κ3) is 6.29. The SMILES string of the molecule is CC(Br)CN(C)S(=O)(=O)NC(=O)OC(C)C. The smallest absolute Gasteiger partial charge is 0.422 e.